The van der Waals surface area contributed by atoms with Crippen LogP contribution in [0, 0.1) is 0 Å². The van der Waals surface area contributed by atoms with Gasteiger partial charge in [0.1, 0.15) is 5.82 Å². The minimum Gasteiger partial charge on any atom is -0.383 e. The Morgan fingerprint density at radius 1 is 1.33 bits per heavy atom. The highest BCUT2D eigenvalue weighted by atomic mass is 79.9. The topological polar surface area (TPSA) is 101 Å². The number of hydrogen-bond acceptors (Lipinski definition) is 5. The Labute approximate surface area is 188 Å². The van der Waals surface area contributed by atoms with Crippen LogP contribution in [0.3, 0.4) is 0 Å². The highest BCUT2D eigenvalue weighted by Gasteiger charge is 2.32. The van der Waals surface area contributed by atoms with E-state index >= 15 is 0 Å². The Balaban J connectivity index is 1.95. The van der Waals surface area contributed by atoms with Gasteiger partial charge in [-0.1, -0.05) is 48.2 Å². The van der Waals surface area contributed by atoms with Crippen molar-refractivity contribution in [2.75, 3.05) is 16.4 Å². The number of nitrogen functional groups attached to an aromatic ring is 1. The molecule has 1 aliphatic rings. The van der Waals surface area contributed by atoms with Gasteiger partial charge in [-0.15, -0.1) is 11.8 Å². The zero-order valence-electron chi connectivity index (χ0n) is 17.0. The van der Waals surface area contributed by atoms with Crippen LogP contribution < -0.4 is 21.9 Å². The quantitative estimate of drug-likeness (QED) is 0.544. The van der Waals surface area contributed by atoms with Crippen LogP contribution in [0.5, 0.6) is 0 Å². The van der Waals surface area contributed by atoms with Crippen LogP contribution in [-0.2, 0) is 11.3 Å². The number of nitrogens with two attached hydrogens (primary N) is 1. The Hall–Kier alpha value is -2.00. The number of amides is 1. The largest absolute Gasteiger partial charge is 0.383 e. The van der Waals surface area contributed by atoms with Gasteiger partial charge < -0.3 is 10.6 Å². The minimum absolute atomic E-state index is 0.0740. The molecule has 1 saturated carbocycles. The molecule has 0 spiro atoms. The first kappa shape index (κ1) is 22.7. The molecule has 0 bridgehead atoms. The smallest absolute Gasteiger partial charge is 0.330 e. The number of carbonyl (C=O) groups excluding carboxylic acids is 1. The number of thioether (sulfide) groups is 1. The molecule has 0 radical (unpaired) electrons. The van der Waals surface area contributed by atoms with Gasteiger partial charge in [0.2, 0.25) is 5.91 Å². The fourth-order valence-corrected chi connectivity index (χ4v) is 5.16. The molecule has 3 rings (SSSR count). The molecule has 30 heavy (non-hydrogen) atoms. The second-order valence-electron chi connectivity index (χ2n) is 7.45. The van der Waals surface area contributed by atoms with Crippen molar-refractivity contribution in [2.24, 2.45) is 0 Å². The standard InChI is InChI=1S/C21H27BrN4O3S/c1-2-3-11-25-19(23)18(20(28)24-21(25)29)26(15-8-4-5-9-15)17(27)13-30-16-10-6-7-14(22)12-16/h6-7,10,12,15H,2-5,8-9,11,13,23H2,1H3,(H,24,28,29). The summed E-state index contributed by atoms with van der Waals surface area (Å²) >= 11 is 4.85. The number of aromatic amines is 1. The van der Waals surface area contributed by atoms with Crippen molar-refractivity contribution in [3.63, 3.8) is 0 Å². The molecule has 9 heteroatoms. The Kier molecular flexibility index (Phi) is 7.82. The summed E-state index contributed by atoms with van der Waals surface area (Å²) in [5, 5.41) is 0. The van der Waals surface area contributed by atoms with Crippen molar-refractivity contribution in [1.82, 2.24) is 9.55 Å². The number of aromatic nitrogens is 2. The summed E-state index contributed by atoms with van der Waals surface area (Å²) in [6.07, 6.45) is 5.28. The van der Waals surface area contributed by atoms with Crippen LogP contribution in [0.15, 0.2) is 43.2 Å². The molecule has 1 fully saturated rings. The second-order valence-corrected chi connectivity index (χ2v) is 9.41. The number of H-pyrrole nitrogens is 1. The molecule has 0 aliphatic heterocycles. The van der Waals surface area contributed by atoms with E-state index in [4.69, 9.17) is 5.73 Å². The number of halogens is 1. The SMILES string of the molecule is CCCCn1c(N)c(N(C(=O)CSc2cccc(Br)c2)C2CCCC2)c(=O)[nH]c1=O. The summed E-state index contributed by atoms with van der Waals surface area (Å²) in [6, 6.07) is 7.65. The summed E-state index contributed by atoms with van der Waals surface area (Å²) in [7, 11) is 0. The third-order valence-electron chi connectivity index (χ3n) is 5.31. The molecule has 1 aromatic carbocycles. The monoisotopic (exact) mass is 494 g/mol. The van der Waals surface area contributed by atoms with Gasteiger partial charge in [-0.25, -0.2) is 4.79 Å². The van der Waals surface area contributed by atoms with Crippen molar-refractivity contribution < 1.29 is 4.79 Å². The second kappa shape index (κ2) is 10.3. The lowest BCUT2D eigenvalue weighted by Crippen LogP contribution is -2.46. The lowest BCUT2D eigenvalue weighted by atomic mass is 10.2. The van der Waals surface area contributed by atoms with Crippen LogP contribution in [0.2, 0.25) is 0 Å². The lowest BCUT2D eigenvalue weighted by Gasteiger charge is -2.30. The maximum absolute atomic E-state index is 13.3. The predicted molar refractivity (Wildman–Crippen MR) is 125 cm³/mol. The van der Waals surface area contributed by atoms with Crippen molar-refractivity contribution in [2.45, 2.75) is 62.9 Å². The zero-order chi connectivity index (χ0) is 21.7. The molecular weight excluding hydrogens is 468 g/mol. The fraction of sp³-hybridized carbons (Fsp3) is 0.476. The summed E-state index contributed by atoms with van der Waals surface area (Å²) < 4.78 is 2.31. The van der Waals surface area contributed by atoms with Crippen LogP contribution in [0.25, 0.3) is 0 Å². The van der Waals surface area contributed by atoms with Crippen LogP contribution in [-0.4, -0.2) is 27.3 Å². The van der Waals surface area contributed by atoms with Crippen molar-refractivity contribution in [3.8, 4) is 0 Å². The molecule has 0 saturated heterocycles. The summed E-state index contributed by atoms with van der Waals surface area (Å²) in [5.41, 5.74) is 5.27. The van der Waals surface area contributed by atoms with Gasteiger partial charge in [-0.3, -0.25) is 19.1 Å². The van der Waals surface area contributed by atoms with E-state index in [1.807, 2.05) is 31.2 Å². The highest BCUT2D eigenvalue weighted by Crippen LogP contribution is 2.31. The molecule has 7 nitrogen and oxygen atoms in total. The summed E-state index contributed by atoms with van der Waals surface area (Å²) in [4.78, 5) is 43.2. The number of carbonyl (C=O) groups is 1. The van der Waals surface area contributed by atoms with E-state index in [0.717, 1.165) is 47.9 Å². The molecule has 2 aromatic rings. The lowest BCUT2D eigenvalue weighted by molar-refractivity contribution is -0.116. The number of unbranched alkanes of at least 4 members (excludes halogenated alkanes) is 1. The molecule has 1 amide bonds. The van der Waals surface area contributed by atoms with E-state index < -0.39 is 11.2 Å². The molecule has 3 N–H and O–H groups in total. The molecule has 162 valence electrons. The first-order valence-corrected chi connectivity index (χ1v) is 12.0. The molecule has 1 aliphatic carbocycles. The van der Waals surface area contributed by atoms with E-state index in [0.29, 0.717) is 6.54 Å². The number of anilines is 2. The zero-order valence-corrected chi connectivity index (χ0v) is 19.4. The number of rotatable bonds is 8. The third-order valence-corrected chi connectivity index (χ3v) is 6.78. The van der Waals surface area contributed by atoms with Gasteiger partial charge in [0.05, 0.1) is 5.75 Å². The molecule has 1 aromatic heterocycles. The average Bonchev–Trinajstić information content (AvgIpc) is 3.23. The van der Waals surface area contributed by atoms with Crippen LogP contribution >= 0.6 is 27.7 Å². The first-order chi connectivity index (χ1) is 14.4. The normalized spacial score (nSPS) is 14.2. The number of nitrogens with zero attached hydrogens (tertiary/aromatic N) is 2. The number of hydrogen-bond donors (Lipinski definition) is 2. The summed E-state index contributed by atoms with van der Waals surface area (Å²) in [5.74, 6) is 0.0783. The number of benzene rings is 1. The van der Waals surface area contributed by atoms with E-state index in [1.54, 1.807) is 4.90 Å². The highest BCUT2D eigenvalue weighted by molar-refractivity contribution is 9.10. The Morgan fingerprint density at radius 3 is 2.73 bits per heavy atom. The van der Waals surface area contributed by atoms with Gasteiger partial charge >= 0.3 is 5.69 Å². The maximum Gasteiger partial charge on any atom is 0.330 e. The maximum atomic E-state index is 13.3. The molecule has 0 atom stereocenters. The Morgan fingerprint density at radius 2 is 2.07 bits per heavy atom. The van der Waals surface area contributed by atoms with E-state index in [1.165, 1.54) is 16.3 Å². The Bertz CT molecular complexity index is 1010. The predicted octanol–water partition coefficient (Wildman–Crippen LogP) is 3.75. The van der Waals surface area contributed by atoms with E-state index in [2.05, 4.69) is 20.9 Å². The van der Waals surface area contributed by atoms with Crippen LogP contribution in [0.1, 0.15) is 45.4 Å². The van der Waals surface area contributed by atoms with Crippen LogP contribution in [0.4, 0.5) is 11.5 Å². The van der Waals surface area contributed by atoms with Crippen molar-refractivity contribution in [1.29, 1.82) is 0 Å². The molecular formula is C21H27BrN4O3S. The van der Waals surface area contributed by atoms with Gasteiger partial charge in [0.25, 0.3) is 5.56 Å². The fourth-order valence-electron chi connectivity index (χ4n) is 3.79. The molecule has 0 unspecified atom stereocenters. The van der Waals surface area contributed by atoms with Gasteiger partial charge in [-0.2, -0.15) is 0 Å². The van der Waals surface area contributed by atoms with Gasteiger partial charge in [-0.05, 0) is 37.5 Å². The minimum atomic E-state index is -0.599. The molecule has 1 heterocycles. The first-order valence-electron chi connectivity index (χ1n) is 10.3. The van der Waals surface area contributed by atoms with E-state index in [-0.39, 0.29) is 29.2 Å². The third kappa shape index (κ3) is 5.18. The summed E-state index contributed by atoms with van der Waals surface area (Å²) in [6.45, 7) is 2.42. The van der Waals surface area contributed by atoms with Gasteiger partial charge in [0, 0.05) is 22.0 Å². The average molecular weight is 495 g/mol. The number of nitrogens with one attached hydrogen (secondary N) is 1. The van der Waals surface area contributed by atoms with Gasteiger partial charge in [0.15, 0.2) is 5.69 Å². The van der Waals surface area contributed by atoms with Crippen molar-refractivity contribution in [3.05, 3.63) is 49.6 Å². The van der Waals surface area contributed by atoms with E-state index in [9.17, 15) is 14.4 Å². The van der Waals surface area contributed by atoms with Crippen molar-refractivity contribution >= 4 is 45.1 Å².